The van der Waals surface area contributed by atoms with Crippen molar-refractivity contribution in [2.45, 2.75) is 10.1 Å². The Morgan fingerprint density at radius 3 is 3.00 bits per heavy atom. The Morgan fingerprint density at radius 1 is 1.43 bits per heavy atom. The minimum absolute atomic E-state index is 0.674. The number of nitrogen functional groups attached to an aromatic ring is 1. The van der Waals surface area contributed by atoms with Gasteiger partial charge in [0.1, 0.15) is 0 Å². The summed E-state index contributed by atoms with van der Waals surface area (Å²) >= 11 is 7.32. The molecule has 14 heavy (non-hydrogen) atoms. The molecule has 0 aliphatic heterocycles. The SMILES string of the molecule is Nc1ccc(Cl)cc1Sc1ncc[nH]1. The Kier molecular flexibility index (Phi) is 2.65. The van der Waals surface area contributed by atoms with E-state index in [0.717, 1.165) is 10.1 Å². The number of hydrogen-bond donors (Lipinski definition) is 2. The summed E-state index contributed by atoms with van der Waals surface area (Å²) in [5.41, 5.74) is 6.49. The summed E-state index contributed by atoms with van der Waals surface area (Å²) in [4.78, 5) is 7.99. The molecule has 2 rings (SSSR count). The molecule has 72 valence electrons. The number of aromatic amines is 1. The average molecular weight is 226 g/mol. The first-order valence-electron chi connectivity index (χ1n) is 3.98. The van der Waals surface area contributed by atoms with Gasteiger partial charge in [-0.15, -0.1) is 0 Å². The van der Waals surface area contributed by atoms with Crippen LogP contribution in [0.15, 0.2) is 40.6 Å². The predicted molar refractivity (Wildman–Crippen MR) is 58.6 cm³/mol. The van der Waals surface area contributed by atoms with Crippen LogP contribution in [0.3, 0.4) is 0 Å². The molecule has 0 spiro atoms. The molecule has 0 unspecified atom stereocenters. The fraction of sp³-hybridized carbons (Fsp3) is 0. The minimum atomic E-state index is 0.674. The van der Waals surface area contributed by atoms with E-state index in [0.29, 0.717) is 10.7 Å². The molecule has 2 aromatic rings. The number of H-pyrrole nitrogens is 1. The van der Waals surface area contributed by atoms with Crippen molar-refractivity contribution in [1.82, 2.24) is 9.97 Å². The minimum Gasteiger partial charge on any atom is -0.398 e. The zero-order chi connectivity index (χ0) is 9.97. The first-order chi connectivity index (χ1) is 6.75. The lowest BCUT2D eigenvalue weighted by atomic mass is 10.3. The van der Waals surface area contributed by atoms with Crippen molar-refractivity contribution < 1.29 is 0 Å². The number of halogens is 1. The lowest BCUT2D eigenvalue weighted by molar-refractivity contribution is 1.06. The van der Waals surface area contributed by atoms with Gasteiger partial charge < -0.3 is 10.7 Å². The number of imidazole rings is 1. The van der Waals surface area contributed by atoms with E-state index in [1.54, 1.807) is 24.5 Å². The highest BCUT2D eigenvalue weighted by molar-refractivity contribution is 7.99. The Morgan fingerprint density at radius 2 is 2.29 bits per heavy atom. The van der Waals surface area contributed by atoms with Crippen LogP contribution in [0.25, 0.3) is 0 Å². The van der Waals surface area contributed by atoms with E-state index in [1.165, 1.54) is 11.8 Å². The van der Waals surface area contributed by atoms with Crippen molar-refractivity contribution in [2.24, 2.45) is 0 Å². The van der Waals surface area contributed by atoms with E-state index < -0.39 is 0 Å². The van der Waals surface area contributed by atoms with Gasteiger partial charge in [0, 0.05) is 28.0 Å². The van der Waals surface area contributed by atoms with Crippen molar-refractivity contribution in [1.29, 1.82) is 0 Å². The third-order valence-electron chi connectivity index (χ3n) is 1.66. The fourth-order valence-electron chi connectivity index (χ4n) is 1.01. The highest BCUT2D eigenvalue weighted by Crippen LogP contribution is 2.31. The molecule has 0 amide bonds. The van der Waals surface area contributed by atoms with Crippen molar-refractivity contribution >= 4 is 29.1 Å². The second-order valence-corrected chi connectivity index (χ2v) is 4.15. The van der Waals surface area contributed by atoms with Crippen molar-refractivity contribution in [2.75, 3.05) is 5.73 Å². The van der Waals surface area contributed by atoms with E-state index in [9.17, 15) is 0 Å². The van der Waals surface area contributed by atoms with E-state index in [-0.39, 0.29) is 0 Å². The average Bonchev–Trinajstić information content (AvgIpc) is 2.64. The van der Waals surface area contributed by atoms with Crippen molar-refractivity contribution in [3.63, 3.8) is 0 Å². The Balaban J connectivity index is 2.28. The molecular formula is C9H8ClN3S. The number of anilines is 1. The van der Waals surface area contributed by atoms with Gasteiger partial charge in [0.25, 0.3) is 0 Å². The van der Waals surface area contributed by atoms with Gasteiger partial charge in [-0.1, -0.05) is 11.6 Å². The molecule has 0 aliphatic carbocycles. The van der Waals surface area contributed by atoms with Crippen LogP contribution < -0.4 is 5.73 Å². The summed E-state index contributed by atoms with van der Waals surface area (Å²) in [5.74, 6) is 0. The third kappa shape index (κ3) is 2.02. The number of benzene rings is 1. The molecule has 0 radical (unpaired) electrons. The standard InChI is InChI=1S/C9H8ClN3S/c10-6-1-2-7(11)8(5-6)14-9-12-3-4-13-9/h1-5H,11H2,(H,12,13). The maximum Gasteiger partial charge on any atom is 0.170 e. The number of nitrogens with two attached hydrogens (primary N) is 1. The van der Waals surface area contributed by atoms with E-state index in [1.807, 2.05) is 6.07 Å². The molecule has 0 aliphatic rings. The van der Waals surface area contributed by atoms with Crippen LogP contribution in [0.5, 0.6) is 0 Å². The smallest absolute Gasteiger partial charge is 0.170 e. The van der Waals surface area contributed by atoms with Gasteiger partial charge in [-0.25, -0.2) is 4.98 Å². The largest absolute Gasteiger partial charge is 0.398 e. The normalized spacial score (nSPS) is 10.4. The third-order valence-corrected chi connectivity index (χ3v) is 2.88. The van der Waals surface area contributed by atoms with Crippen LogP contribution in [0, 0.1) is 0 Å². The van der Waals surface area contributed by atoms with Gasteiger partial charge in [0.15, 0.2) is 5.16 Å². The maximum atomic E-state index is 5.86. The quantitative estimate of drug-likeness (QED) is 0.773. The van der Waals surface area contributed by atoms with Crippen molar-refractivity contribution in [3.8, 4) is 0 Å². The second-order valence-electron chi connectivity index (χ2n) is 2.68. The highest BCUT2D eigenvalue weighted by atomic mass is 35.5. The van der Waals surface area contributed by atoms with Crippen molar-refractivity contribution in [3.05, 3.63) is 35.6 Å². The molecule has 0 bridgehead atoms. The van der Waals surface area contributed by atoms with Gasteiger partial charge in [-0.2, -0.15) is 0 Å². The van der Waals surface area contributed by atoms with E-state index in [2.05, 4.69) is 9.97 Å². The first kappa shape index (κ1) is 9.43. The van der Waals surface area contributed by atoms with Crippen LogP contribution in [0.1, 0.15) is 0 Å². The van der Waals surface area contributed by atoms with Gasteiger partial charge in [-0.3, -0.25) is 0 Å². The van der Waals surface area contributed by atoms with Gasteiger partial charge in [-0.05, 0) is 30.0 Å². The predicted octanol–water partition coefficient (Wildman–Crippen LogP) is 2.80. The monoisotopic (exact) mass is 225 g/mol. The van der Waals surface area contributed by atoms with Crippen LogP contribution in [0.2, 0.25) is 5.02 Å². The van der Waals surface area contributed by atoms with Crippen LogP contribution in [-0.4, -0.2) is 9.97 Å². The highest BCUT2D eigenvalue weighted by Gasteiger charge is 2.03. The molecule has 0 saturated heterocycles. The number of hydrogen-bond acceptors (Lipinski definition) is 3. The van der Waals surface area contributed by atoms with Gasteiger partial charge in [0.2, 0.25) is 0 Å². The molecule has 3 N–H and O–H groups in total. The number of rotatable bonds is 2. The Hall–Kier alpha value is -1.13. The number of nitrogens with one attached hydrogen (secondary N) is 1. The molecular weight excluding hydrogens is 218 g/mol. The summed E-state index contributed by atoms with van der Waals surface area (Å²) < 4.78 is 0. The van der Waals surface area contributed by atoms with Gasteiger partial charge >= 0.3 is 0 Å². The van der Waals surface area contributed by atoms with Crippen LogP contribution >= 0.6 is 23.4 Å². The van der Waals surface area contributed by atoms with E-state index >= 15 is 0 Å². The summed E-state index contributed by atoms with van der Waals surface area (Å²) in [7, 11) is 0. The summed E-state index contributed by atoms with van der Waals surface area (Å²) in [6, 6.07) is 5.38. The second kappa shape index (κ2) is 3.94. The fourth-order valence-corrected chi connectivity index (χ4v) is 2.06. The summed E-state index contributed by atoms with van der Waals surface area (Å²) in [6.45, 7) is 0. The van der Waals surface area contributed by atoms with Gasteiger partial charge in [0.05, 0.1) is 0 Å². The molecule has 1 aromatic heterocycles. The Bertz CT molecular complexity index is 428. The topological polar surface area (TPSA) is 54.7 Å². The molecule has 3 nitrogen and oxygen atoms in total. The lowest BCUT2D eigenvalue weighted by Gasteiger charge is -2.02. The van der Waals surface area contributed by atoms with Crippen LogP contribution in [0.4, 0.5) is 5.69 Å². The first-order valence-corrected chi connectivity index (χ1v) is 5.17. The molecule has 5 heteroatoms. The van der Waals surface area contributed by atoms with Crippen LogP contribution in [-0.2, 0) is 0 Å². The summed E-state index contributed by atoms with van der Waals surface area (Å²) in [6.07, 6.45) is 3.46. The number of nitrogens with zero attached hydrogens (tertiary/aromatic N) is 1. The maximum absolute atomic E-state index is 5.86. The zero-order valence-electron chi connectivity index (χ0n) is 7.20. The lowest BCUT2D eigenvalue weighted by Crippen LogP contribution is -1.88. The molecule has 0 fully saturated rings. The molecule has 0 saturated carbocycles. The summed E-state index contributed by atoms with van der Waals surface area (Å²) in [5, 5.41) is 1.48. The molecule has 0 atom stereocenters. The molecule has 1 aromatic carbocycles. The molecule has 1 heterocycles. The Labute approximate surface area is 90.7 Å². The zero-order valence-corrected chi connectivity index (χ0v) is 8.77. The number of aromatic nitrogens is 2. The van der Waals surface area contributed by atoms with E-state index in [4.69, 9.17) is 17.3 Å².